The van der Waals surface area contributed by atoms with E-state index in [0.717, 1.165) is 3.57 Å². The van der Waals surface area contributed by atoms with Crippen molar-refractivity contribution in [1.82, 2.24) is 4.98 Å². The summed E-state index contributed by atoms with van der Waals surface area (Å²) in [4.78, 5) is 15.9. The lowest BCUT2D eigenvalue weighted by Crippen LogP contribution is -2.06. The molecule has 18 heavy (non-hydrogen) atoms. The summed E-state index contributed by atoms with van der Waals surface area (Å²) < 4.78 is 5.85. The predicted molar refractivity (Wildman–Crippen MR) is 80.4 cm³/mol. The van der Waals surface area contributed by atoms with Crippen molar-refractivity contribution in [2.45, 2.75) is 6.92 Å². The number of nitrogens with zero attached hydrogens (tertiary/aromatic N) is 1. The highest BCUT2D eigenvalue weighted by Gasteiger charge is 2.16. The number of pyridine rings is 1. The molecule has 0 atom stereocenters. The molecule has 94 valence electrons. The van der Waals surface area contributed by atoms with E-state index in [2.05, 4.69) is 27.6 Å². The highest BCUT2D eigenvalue weighted by atomic mass is 127. The van der Waals surface area contributed by atoms with E-state index in [0.29, 0.717) is 27.6 Å². The molecule has 1 aromatic carbocycles. The number of carbonyl (C=O) groups excluding carboxylic acids is 1. The van der Waals surface area contributed by atoms with Crippen LogP contribution in [0.3, 0.4) is 0 Å². The summed E-state index contributed by atoms with van der Waals surface area (Å²) in [5.41, 5.74) is 0.833. The summed E-state index contributed by atoms with van der Waals surface area (Å²) in [6, 6.07) is 3.62. The maximum absolute atomic E-state index is 11.7. The lowest BCUT2D eigenvalue weighted by molar-refractivity contribution is 0.0526. The average Bonchev–Trinajstić information content (AvgIpc) is 2.30. The Hall–Kier alpha value is -0.590. The van der Waals surface area contributed by atoms with Crippen molar-refractivity contribution in [2.24, 2.45) is 0 Å². The van der Waals surface area contributed by atoms with E-state index in [9.17, 15) is 4.79 Å². The van der Waals surface area contributed by atoms with Gasteiger partial charge in [0.15, 0.2) is 0 Å². The van der Waals surface area contributed by atoms with Gasteiger partial charge in [0.25, 0.3) is 0 Å². The van der Waals surface area contributed by atoms with Gasteiger partial charge < -0.3 is 4.74 Å². The van der Waals surface area contributed by atoms with Crippen molar-refractivity contribution in [3.05, 3.63) is 37.5 Å². The number of hydrogen-bond donors (Lipinski definition) is 0. The second-order valence-electron chi connectivity index (χ2n) is 3.49. The van der Waals surface area contributed by atoms with Crippen molar-refractivity contribution in [3.63, 3.8) is 0 Å². The van der Waals surface area contributed by atoms with Gasteiger partial charge in [0.1, 0.15) is 0 Å². The largest absolute Gasteiger partial charge is 0.462 e. The Morgan fingerprint density at radius 3 is 2.83 bits per heavy atom. The topological polar surface area (TPSA) is 39.2 Å². The highest BCUT2D eigenvalue weighted by molar-refractivity contribution is 14.1. The zero-order valence-electron chi connectivity index (χ0n) is 9.34. The minimum absolute atomic E-state index is 0.254. The van der Waals surface area contributed by atoms with Gasteiger partial charge in [-0.15, -0.1) is 0 Å². The Labute approximate surface area is 128 Å². The van der Waals surface area contributed by atoms with Crippen LogP contribution in [-0.4, -0.2) is 17.6 Å². The van der Waals surface area contributed by atoms with Crippen LogP contribution in [0.15, 0.2) is 18.3 Å². The third-order valence-electron chi connectivity index (χ3n) is 2.32. The number of ether oxygens (including phenoxy) is 1. The Balaban J connectivity index is 2.67. The fraction of sp³-hybridized carbons (Fsp3) is 0.167. The normalized spacial score (nSPS) is 10.7. The van der Waals surface area contributed by atoms with Crippen molar-refractivity contribution < 1.29 is 9.53 Å². The number of hydrogen-bond acceptors (Lipinski definition) is 3. The van der Waals surface area contributed by atoms with Crippen molar-refractivity contribution >= 4 is 62.7 Å². The first-order valence-corrected chi connectivity index (χ1v) is 6.98. The van der Waals surface area contributed by atoms with Crippen molar-refractivity contribution in [1.29, 1.82) is 0 Å². The number of esters is 1. The first-order chi connectivity index (χ1) is 8.54. The summed E-state index contributed by atoms with van der Waals surface area (Å²) in [5, 5.41) is 1.48. The number of carbonyl (C=O) groups is 1. The molecule has 1 heterocycles. The minimum atomic E-state index is -0.480. The molecule has 0 aliphatic heterocycles. The fourth-order valence-corrected chi connectivity index (χ4v) is 2.89. The first-order valence-electron chi connectivity index (χ1n) is 5.15. The van der Waals surface area contributed by atoms with Crippen LogP contribution in [0.25, 0.3) is 10.9 Å². The lowest BCUT2D eigenvalue weighted by Gasteiger charge is -2.08. The minimum Gasteiger partial charge on any atom is -0.462 e. The van der Waals surface area contributed by atoms with E-state index in [1.54, 1.807) is 13.0 Å². The summed E-state index contributed by atoms with van der Waals surface area (Å²) in [7, 11) is 0. The first kappa shape index (κ1) is 13.8. The number of halogens is 3. The van der Waals surface area contributed by atoms with Crippen molar-refractivity contribution in [3.8, 4) is 0 Å². The molecule has 0 fully saturated rings. The molecule has 3 nitrogen and oxygen atoms in total. The quantitative estimate of drug-likeness (QED) is 0.561. The molecule has 2 rings (SSSR count). The number of rotatable bonds is 2. The van der Waals surface area contributed by atoms with Gasteiger partial charge in [-0.05, 0) is 41.6 Å². The summed E-state index contributed by atoms with van der Waals surface area (Å²) >= 11 is 14.4. The number of fused-ring (bicyclic) bond motifs is 1. The predicted octanol–water partition coefficient (Wildman–Crippen LogP) is 4.32. The fourth-order valence-electron chi connectivity index (χ4n) is 1.55. The molecule has 0 bridgehead atoms. The molecule has 0 saturated carbocycles. The molecule has 6 heteroatoms. The third kappa shape index (κ3) is 2.55. The van der Waals surface area contributed by atoms with Gasteiger partial charge in [-0.3, -0.25) is 4.98 Å². The van der Waals surface area contributed by atoms with Crippen molar-refractivity contribution in [2.75, 3.05) is 6.61 Å². The maximum atomic E-state index is 11.7. The lowest BCUT2D eigenvalue weighted by atomic mass is 10.1. The Morgan fingerprint density at radius 1 is 1.44 bits per heavy atom. The van der Waals surface area contributed by atoms with Gasteiger partial charge in [-0.25, -0.2) is 4.79 Å². The van der Waals surface area contributed by atoms with Gasteiger partial charge in [-0.1, -0.05) is 23.2 Å². The van der Waals surface area contributed by atoms with Gasteiger partial charge >= 0.3 is 5.97 Å². The monoisotopic (exact) mass is 395 g/mol. The smallest absolute Gasteiger partial charge is 0.341 e. The zero-order chi connectivity index (χ0) is 13.3. The third-order valence-corrected chi connectivity index (χ3v) is 3.64. The van der Waals surface area contributed by atoms with E-state index in [1.165, 1.54) is 6.20 Å². The van der Waals surface area contributed by atoms with E-state index >= 15 is 0 Å². The van der Waals surface area contributed by atoms with Crippen LogP contribution in [0.2, 0.25) is 10.0 Å². The van der Waals surface area contributed by atoms with Crippen LogP contribution in [0.1, 0.15) is 17.3 Å². The molecule has 0 amide bonds. The standard InChI is InChI=1S/C12H8Cl2INO2/c1-2-18-12(17)8-5-16-11-7(10(8)14)3-6(15)4-9(11)13/h3-5H,2H2,1H3. The molecule has 2 aromatic rings. The average molecular weight is 396 g/mol. The second kappa shape index (κ2) is 5.59. The van der Waals surface area contributed by atoms with Crippen LogP contribution >= 0.6 is 45.8 Å². The number of benzene rings is 1. The summed E-state index contributed by atoms with van der Waals surface area (Å²) in [6.07, 6.45) is 1.39. The maximum Gasteiger partial charge on any atom is 0.341 e. The van der Waals surface area contributed by atoms with Gasteiger partial charge in [0.2, 0.25) is 0 Å². The Kier molecular flexibility index (Phi) is 4.29. The molecular weight excluding hydrogens is 388 g/mol. The van der Waals surface area contributed by atoms with Crippen LogP contribution < -0.4 is 0 Å². The Bertz CT molecular complexity index is 631. The molecule has 0 N–H and O–H groups in total. The van der Waals surface area contributed by atoms with E-state index in [1.807, 2.05) is 6.07 Å². The van der Waals surface area contributed by atoms with Gasteiger partial charge in [0, 0.05) is 15.2 Å². The summed E-state index contributed by atoms with van der Waals surface area (Å²) in [6.45, 7) is 2.03. The molecule has 0 unspecified atom stereocenters. The van der Waals surface area contributed by atoms with E-state index in [-0.39, 0.29) is 5.56 Å². The molecule has 0 radical (unpaired) electrons. The van der Waals surface area contributed by atoms with Crippen LogP contribution in [0.5, 0.6) is 0 Å². The second-order valence-corrected chi connectivity index (χ2v) is 5.52. The van der Waals surface area contributed by atoms with Crippen LogP contribution in [0, 0.1) is 3.57 Å². The SMILES string of the molecule is CCOC(=O)c1cnc2c(Cl)cc(I)cc2c1Cl. The van der Waals surface area contributed by atoms with Gasteiger partial charge in [-0.2, -0.15) is 0 Å². The molecule has 0 aliphatic carbocycles. The zero-order valence-corrected chi connectivity index (χ0v) is 13.0. The molecule has 0 saturated heterocycles. The van der Waals surface area contributed by atoms with E-state index in [4.69, 9.17) is 27.9 Å². The van der Waals surface area contributed by atoms with Gasteiger partial charge in [0.05, 0.1) is 27.7 Å². The van der Waals surface area contributed by atoms with Crippen LogP contribution in [0.4, 0.5) is 0 Å². The Morgan fingerprint density at radius 2 is 2.17 bits per heavy atom. The molecule has 1 aromatic heterocycles. The molecule has 0 aliphatic rings. The highest BCUT2D eigenvalue weighted by Crippen LogP contribution is 2.32. The molecular formula is C12H8Cl2INO2. The molecule has 0 spiro atoms. The summed E-state index contributed by atoms with van der Waals surface area (Å²) in [5.74, 6) is -0.480. The number of aromatic nitrogens is 1. The van der Waals surface area contributed by atoms with Crippen LogP contribution in [-0.2, 0) is 4.74 Å². The van der Waals surface area contributed by atoms with E-state index < -0.39 is 5.97 Å².